The molecule has 1 aromatic rings. The smallest absolute Gasteiger partial charge is 0.254 e. The van der Waals surface area contributed by atoms with Crippen molar-refractivity contribution in [3.05, 3.63) is 35.6 Å². The molecule has 3 amide bonds. The summed E-state index contributed by atoms with van der Waals surface area (Å²) >= 11 is 0. The van der Waals surface area contributed by atoms with Gasteiger partial charge in [-0.3, -0.25) is 19.7 Å². The zero-order valence-electron chi connectivity index (χ0n) is 9.64. The molecular weight excluding hydrogens is 239 g/mol. The summed E-state index contributed by atoms with van der Waals surface area (Å²) in [5, 5.41) is 2.14. The topological polar surface area (TPSA) is 66.5 Å². The third-order valence-corrected chi connectivity index (χ3v) is 2.78. The minimum atomic E-state index is -0.722. The van der Waals surface area contributed by atoms with Crippen LogP contribution in [0, 0.1) is 5.82 Å². The normalized spacial score (nSPS) is 19.7. The Kier molecular flexibility index (Phi) is 3.10. The van der Waals surface area contributed by atoms with Crippen LogP contribution in [0.3, 0.4) is 0 Å². The van der Waals surface area contributed by atoms with Crippen molar-refractivity contribution in [3.8, 4) is 0 Å². The second-order valence-corrected chi connectivity index (χ2v) is 4.03. The van der Waals surface area contributed by atoms with Crippen molar-refractivity contribution in [2.75, 3.05) is 6.54 Å². The maximum absolute atomic E-state index is 12.7. The van der Waals surface area contributed by atoms with Crippen molar-refractivity contribution in [1.82, 2.24) is 10.2 Å². The number of piperazine rings is 1. The molecule has 1 aliphatic heterocycles. The molecule has 1 N–H and O–H groups in total. The number of benzene rings is 1. The molecule has 1 fully saturated rings. The third kappa shape index (κ3) is 2.22. The van der Waals surface area contributed by atoms with Gasteiger partial charge in [-0.1, -0.05) is 0 Å². The van der Waals surface area contributed by atoms with Gasteiger partial charge in [0.15, 0.2) is 0 Å². The van der Waals surface area contributed by atoms with E-state index >= 15 is 0 Å². The third-order valence-electron chi connectivity index (χ3n) is 2.78. The second kappa shape index (κ2) is 4.56. The van der Waals surface area contributed by atoms with Crippen LogP contribution in [0.1, 0.15) is 17.3 Å². The highest BCUT2D eigenvalue weighted by molar-refractivity contribution is 6.07. The van der Waals surface area contributed by atoms with Gasteiger partial charge in [0.05, 0.1) is 0 Å². The summed E-state index contributed by atoms with van der Waals surface area (Å²) in [5.74, 6) is -1.95. The van der Waals surface area contributed by atoms with Gasteiger partial charge in [-0.05, 0) is 31.2 Å². The number of imide groups is 1. The lowest BCUT2D eigenvalue weighted by atomic mass is 10.1. The molecule has 0 aliphatic carbocycles. The summed E-state index contributed by atoms with van der Waals surface area (Å²) in [6.07, 6.45) is 0. The molecule has 1 aliphatic rings. The number of hydrogen-bond acceptors (Lipinski definition) is 3. The standard InChI is InChI=1S/C12H11FN2O3/c1-7-11(17)14-10(16)6-15(7)12(18)8-2-4-9(13)5-3-8/h2-5,7H,6H2,1H3,(H,14,16,17). The SMILES string of the molecule is CC1C(=O)NC(=O)CN1C(=O)c1ccc(F)cc1. The highest BCUT2D eigenvalue weighted by atomic mass is 19.1. The Balaban J connectivity index is 2.24. The first kappa shape index (κ1) is 12.2. The Morgan fingerprint density at radius 3 is 2.56 bits per heavy atom. The molecule has 0 saturated carbocycles. The highest BCUT2D eigenvalue weighted by Crippen LogP contribution is 2.12. The Morgan fingerprint density at radius 2 is 1.94 bits per heavy atom. The van der Waals surface area contributed by atoms with E-state index in [9.17, 15) is 18.8 Å². The van der Waals surface area contributed by atoms with Gasteiger partial charge in [0.1, 0.15) is 18.4 Å². The minimum absolute atomic E-state index is 0.177. The average Bonchev–Trinajstić information content (AvgIpc) is 2.34. The molecule has 1 heterocycles. The van der Waals surface area contributed by atoms with Crippen molar-refractivity contribution in [1.29, 1.82) is 0 Å². The Hall–Kier alpha value is -2.24. The molecule has 1 saturated heterocycles. The molecule has 5 nitrogen and oxygen atoms in total. The Labute approximate surface area is 103 Å². The molecule has 0 spiro atoms. The zero-order valence-corrected chi connectivity index (χ0v) is 9.64. The van der Waals surface area contributed by atoms with E-state index in [0.29, 0.717) is 0 Å². The molecule has 0 radical (unpaired) electrons. The van der Waals surface area contributed by atoms with Crippen molar-refractivity contribution in [2.24, 2.45) is 0 Å². The molecule has 0 bridgehead atoms. The Morgan fingerprint density at radius 1 is 1.33 bits per heavy atom. The van der Waals surface area contributed by atoms with Crippen LogP contribution in [0.25, 0.3) is 0 Å². The number of halogens is 1. The highest BCUT2D eigenvalue weighted by Gasteiger charge is 2.33. The summed E-state index contributed by atoms with van der Waals surface area (Å²) in [6.45, 7) is 1.35. The lowest BCUT2D eigenvalue weighted by molar-refractivity contribution is -0.138. The van der Waals surface area contributed by atoms with E-state index in [-0.39, 0.29) is 12.1 Å². The van der Waals surface area contributed by atoms with E-state index in [1.807, 2.05) is 0 Å². The summed E-state index contributed by atoms with van der Waals surface area (Å²) in [7, 11) is 0. The van der Waals surface area contributed by atoms with Crippen LogP contribution in [0.15, 0.2) is 24.3 Å². The lowest BCUT2D eigenvalue weighted by Crippen LogP contribution is -2.58. The average molecular weight is 250 g/mol. The summed E-state index contributed by atoms with van der Waals surface area (Å²) < 4.78 is 12.7. The fourth-order valence-electron chi connectivity index (χ4n) is 1.72. The van der Waals surface area contributed by atoms with Gasteiger partial charge >= 0.3 is 0 Å². The second-order valence-electron chi connectivity index (χ2n) is 4.03. The van der Waals surface area contributed by atoms with Crippen LogP contribution in [-0.2, 0) is 9.59 Å². The van der Waals surface area contributed by atoms with Crippen molar-refractivity contribution < 1.29 is 18.8 Å². The number of carbonyl (C=O) groups is 3. The first-order valence-electron chi connectivity index (χ1n) is 5.39. The van der Waals surface area contributed by atoms with E-state index in [1.54, 1.807) is 0 Å². The number of hydrogen-bond donors (Lipinski definition) is 1. The quantitative estimate of drug-likeness (QED) is 0.729. The maximum Gasteiger partial charge on any atom is 0.254 e. The van der Waals surface area contributed by atoms with Crippen molar-refractivity contribution in [2.45, 2.75) is 13.0 Å². The van der Waals surface area contributed by atoms with E-state index in [0.717, 1.165) is 17.0 Å². The molecule has 1 unspecified atom stereocenters. The fourth-order valence-corrected chi connectivity index (χ4v) is 1.72. The molecule has 2 rings (SSSR count). The van der Waals surface area contributed by atoms with Crippen LogP contribution < -0.4 is 5.32 Å². The van der Waals surface area contributed by atoms with Crippen LogP contribution in [-0.4, -0.2) is 35.2 Å². The molecule has 1 atom stereocenters. The summed E-state index contributed by atoms with van der Waals surface area (Å²) in [4.78, 5) is 35.9. The van der Waals surface area contributed by atoms with Gasteiger partial charge in [0.2, 0.25) is 11.8 Å². The number of nitrogens with one attached hydrogen (secondary N) is 1. The van der Waals surface area contributed by atoms with Crippen LogP contribution in [0.4, 0.5) is 4.39 Å². The molecule has 18 heavy (non-hydrogen) atoms. The maximum atomic E-state index is 12.7. The lowest BCUT2D eigenvalue weighted by Gasteiger charge is -2.31. The Bertz CT molecular complexity index is 513. The van der Waals surface area contributed by atoms with E-state index in [2.05, 4.69) is 5.32 Å². The summed E-state index contributed by atoms with van der Waals surface area (Å²) in [5.41, 5.74) is 0.241. The van der Waals surface area contributed by atoms with Crippen LogP contribution in [0.5, 0.6) is 0 Å². The van der Waals surface area contributed by atoms with Gasteiger partial charge in [0, 0.05) is 5.56 Å². The van der Waals surface area contributed by atoms with Gasteiger partial charge in [-0.2, -0.15) is 0 Å². The van der Waals surface area contributed by atoms with E-state index in [1.165, 1.54) is 19.1 Å². The molecule has 1 aromatic carbocycles. The first-order valence-corrected chi connectivity index (χ1v) is 5.39. The van der Waals surface area contributed by atoms with E-state index in [4.69, 9.17) is 0 Å². The van der Waals surface area contributed by atoms with Crippen molar-refractivity contribution in [3.63, 3.8) is 0 Å². The minimum Gasteiger partial charge on any atom is -0.318 e. The number of amides is 3. The molecule has 94 valence electrons. The molecule has 6 heteroatoms. The van der Waals surface area contributed by atoms with Gasteiger partial charge in [0.25, 0.3) is 5.91 Å². The predicted molar refractivity (Wildman–Crippen MR) is 60.0 cm³/mol. The summed E-state index contributed by atoms with van der Waals surface area (Å²) in [6, 6.07) is 4.23. The van der Waals surface area contributed by atoms with Gasteiger partial charge < -0.3 is 4.90 Å². The molecule has 0 aromatic heterocycles. The van der Waals surface area contributed by atoms with Gasteiger partial charge in [-0.15, -0.1) is 0 Å². The van der Waals surface area contributed by atoms with Crippen molar-refractivity contribution >= 4 is 17.7 Å². The monoisotopic (exact) mass is 250 g/mol. The number of rotatable bonds is 1. The van der Waals surface area contributed by atoms with E-state index < -0.39 is 29.6 Å². The fraction of sp³-hybridized carbons (Fsp3) is 0.250. The predicted octanol–water partition coefficient (Wildman–Crippen LogP) is 0.313. The van der Waals surface area contributed by atoms with Crippen LogP contribution >= 0.6 is 0 Å². The molecular formula is C12H11FN2O3. The zero-order chi connectivity index (χ0) is 13.3. The van der Waals surface area contributed by atoms with Crippen LogP contribution in [0.2, 0.25) is 0 Å². The van der Waals surface area contributed by atoms with Gasteiger partial charge in [-0.25, -0.2) is 4.39 Å². The number of carbonyl (C=O) groups excluding carboxylic acids is 3. The first-order chi connectivity index (χ1) is 8.49. The largest absolute Gasteiger partial charge is 0.318 e. The number of nitrogens with zero attached hydrogens (tertiary/aromatic N) is 1.